The van der Waals surface area contributed by atoms with Gasteiger partial charge in [-0.15, -0.1) is 0 Å². The van der Waals surface area contributed by atoms with E-state index in [4.69, 9.17) is 11.6 Å². The molecule has 1 N–H and O–H groups in total. The van der Waals surface area contributed by atoms with Crippen LogP contribution in [0.2, 0.25) is 5.02 Å². The van der Waals surface area contributed by atoms with Gasteiger partial charge in [-0.3, -0.25) is 9.52 Å². The van der Waals surface area contributed by atoms with Crippen molar-refractivity contribution in [3.05, 3.63) is 58.1 Å². The number of carbonyl (C=O) groups is 1. The van der Waals surface area contributed by atoms with Crippen LogP contribution in [0.4, 0.5) is 5.69 Å². The summed E-state index contributed by atoms with van der Waals surface area (Å²) in [5.41, 5.74) is 3.24. The zero-order chi connectivity index (χ0) is 18.2. The fourth-order valence-electron chi connectivity index (χ4n) is 2.84. The molecule has 0 bridgehead atoms. The summed E-state index contributed by atoms with van der Waals surface area (Å²) in [7, 11) is -3.73. The number of anilines is 1. The number of hydrogen-bond acceptors (Lipinski definition) is 3. The van der Waals surface area contributed by atoms with Crippen molar-refractivity contribution >= 4 is 33.2 Å². The number of benzene rings is 2. The van der Waals surface area contributed by atoms with Crippen LogP contribution in [0.15, 0.2) is 41.3 Å². The summed E-state index contributed by atoms with van der Waals surface area (Å²) in [4.78, 5) is 13.5. The highest BCUT2D eigenvalue weighted by atomic mass is 35.5. The summed E-state index contributed by atoms with van der Waals surface area (Å²) in [5.74, 6) is -0.00803. The molecule has 1 amide bonds. The van der Waals surface area contributed by atoms with E-state index in [0.717, 1.165) is 23.1 Å². The average molecular weight is 379 g/mol. The minimum atomic E-state index is -3.73. The summed E-state index contributed by atoms with van der Waals surface area (Å²) in [5, 5.41) is 0.503. The molecule has 1 aliphatic heterocycles. The van der Waals surface area contributed by atoms with Crippen molar-refractivity contribution in [3.8, 4) is 0 Å². The SMILES string of the molecule is CC(=O)N1CCc2ccc(S(=O)(=O)Nc3ccc(C)c(Cl)c3)cc2C1. The molecular weight excluding hydrogens is 360 g/mol. The first-order valence-electron chi connectivity index (χ1n) is 7.92. The van der Waals surface area contributed by atoms with E-state index in [1.807, 2.05) is 13.0 Å². The predicted octanol–water partition coefficient (Wildman–Crippen LogP) is 3.35. The van der Waals surface area contributed by atoms with Gasteiger partial charge in [-0.05, 0) is 54.3 Å². The fourth-order valence-corrected chi connectivity index (χ4v) is 4.12. The Bertz CT molecular complexity index is 941. The van der Waals surface area contributed by atoms with Gasteiger partial charge in [0, 0.05) is 25.0 Å². The molecule has 0 radical (unpaired) electrons. The third-order valence-corrected chi connectivity index (χ3v) is 6.16. The van der Waals surface area contributed by atoms with Crippen LogP contribution in [0.25, 0.3) is 0 Å². The van der Waals surface area contributed by atoms with Crippen LogP contribution in [0.1, 0.15) is 23.6 Å². The Morgan fingerprint density at radius 3 is 2.60 bits per heavy atom. The van der Waals surface area contributed by atoms with Crippen molar-refractivity contribution in [1.29, 1.82) is 0 Å². The number of amides is 1. The summed E-state index contributed by atoms with van der Waals surface area (Å²) in [6, 6.07) is 10.1. The van der Waals surface area contributed by atoms with Crippen molar-refractivity contribution in [2.45, 2.75) is 31.7 Å². The van der Waals surface area contributed by atoms with Crippen LogP contribution < -0.4 is 4.72 Å². The molecule has 132 valence electrons. The van der Waals surface area contributed by atoms with Gasteiger partial charge in [-0.2, -0.15) is 0 Å². The van der Waals surface area contributed by atoms with Gasteiger partial charge in [0.1, 0.15) is 0 Å². The molecule has 0 saturated heterocycles. The molecule has 1 aliphatic rings. The fraction of sp³-hybridized carbons (Fsp3) is 0.278. The van der Waals surface area contributed by atoms with Gasteiger partial charge in [0.15, 0.2) is 0 Å². The number of sulfonamides is 1. The quantitative estimate of drug-likeness (QED) is 0.890. The van der Waals surface area contributed by atoms with E-state index in [9.17, 15) is 13.2 Å². The standard InChI is InChI=1S/C18H19ClN2O3S/c1-12-3-5-16(10-18(12)19)20-25(23,24)17-6-4-14-7-8-21(13(2)22)11-15(14)9-17/h3-6,9-10,20H,7-8,11H2,1-2H3. The van der Waals surface area contributed by atoms with Crippen molar-refractivity contribution in [2.75, 3.05) is 11.3 Å². The number of nitrogens with zero attached hydrogens (tertiary/aromatic N) is 1. The molecule has 25 heavy (non-hydrogen) atoms. The number of rotatable bonds is 3. The van der Waals surface area contributed by atoms with Crippen LogP contribution in [0.5, 0.6) is 0 Å². The summed E-state index contributed by atoms with van der Waals surface area (Å²) in [6.07, 6.45) is 0.732. The molecule has 0 fully saturated rings. The molecule has 0 unspecified atom stereocenters. The number of halogens is 1. The largest absolute Gasteiger partial charge is 0.338 e. The monoisotopic (exact) mass is 378 g/mol. The highest BCUT2D eigenvalue weighted by molar-refractivity contribution is 7.92. The van der Waals surface area contributed by atoms with Gasteiger partial charge in [0.05, 0.1) is 10.6 Å². The second kappa shape index (κ2) is 6.69. The molecule has 2 aromatic rings. The maximum Gasteiger partial charge on any atom is 0.261 e. The molecule has 3 rings (SSSR count). The lowest BCUT2D eigenvalue weighted by Crippen LogP contribution is -2.34. The first-order chi connectivity index (χ1) is 11.8. The third kappa shape index (κ3) is 3.80. The van der Waals surface area contributed by atoms with Crippen LogP contribution in [-0.4, -0.2) is 25.8 Å². The molecule has 7 heteroatoms. The molecule has 0 atom stereocenters. The van der Waals surface area contributed by atoms with Crippen molar-refractivity contribution in [1.82, 2.24) is 4.90 Å². The van der Waals surface area contributed by atoms with Crippen molar-refractivity contribution in [2.24, 2.45) is 0 Å². The number of carbonyl (C=O) groups excluding carboxylic acids is 1. The minimum absolute atomic E-state index is 0.00803. The lowest BCUT2D eigenvalue weighted by molar-refractivity contribution is -0.129. The summed E-state index contributed by atoms with van der Waals surface area (Å²) < 4.78 is 27.9. The Morgan fingerprint density at radius 1 is 1.16 bits per heavy atom. The normalized spacial score (nSPS) is 14.1. The summed E-state index contributed by atoms with van der Waals surface area (Å²) in [6.45, 7) is 4.47. The first-order valence-corrected chi connectivity index (χ1v) is 9.79. The second-order valence-electron chi connectivity index (χ2n) is 6.19. The van der Waals surface area contributed by atoms with Crippen LogP contribution in [0, 0.1) is 6.92 Å². The van der Waals surface area contributed by atoms with E-state index in [1.165, 1.54) is 6.92 Å². The molecule has 0 aromatic heterocycles. The van der Waals surface area contributed by atoms with Crippen molar-refractivity contribution in [3.63, 3.8) is 0 Å². The van der Waals surface area contributed by atoms with E-state index >= 15 is 0 Å². The molecule has 0 spiro atoms. The Kier molecular flexibility index (Phi) is 4.75. The van der Waals surface area contributed by atoms with Gasteiger partial charge >= 0.3 is 0 Å². The zero-order valence-corrected chi connectivity index (χ0v) is 15.6. The molecule has 1 heterocycles. The Morgan fingerprint density at radius 2 is 1.92 bits per heavy atom. The Balaban J connectivity index is 1.89. The van der Waals surface area contributed by atoms with Crippen molar-refractivity contribution < 1.29 is 13.2 Å². The van der Waals surface area contributed by atoms with Gasteiger partial charge in [0.2, 0.25) is 5.91 Å². The third-order valence-electron chi connectivity index (χ3n) is 4.37. The maximum absolute atomic E-state index is 12.7. The van der Waals surface area contributed by atoms with E-state index in [2.05, 4.69) is 4.72 Å². The number of fused-ring (bicyclic) bond motifs is 1. The second-order valence-corrected chi connectivity index (χ2v) is 8.28. The van der Waals surface area contributed by atoms with Crippen LogP contribution in [0.3, 0.4) is 0 Å². The highest BCUT2D eigenvalue weighted by Gasteiger charge is 2.21. The van der Waals surface area contributed by atoms with E-state index < -0.39 is 10.0 Å². The molecule has 0 aliphatic carbocycles. The van der Waals surface area contributed by atoms with Gasteiger partial charge in [-0.25, -0.2) is 8.42 Å². The lowest BCUT2D eigenvalue weighted by Gasteiger charge is -2.28. The van der Waals surface area contributed by atoms with E-state index in [-0.39, 0.29) is 10.8 Å². The molecule has 2 aromatic carbocycles. The molecule has 5 nitrogen and oxygen atoms in total. The number of nitrogens with one attached hydrogen (secondary N) is 1. The van der Waals surface area contributed by atoms with Gasteiger partial charge < -0.3 is 4.90 Å². The van der Waals surface area contributed by atoms with E-state index in [0.29, 0.717) is 23.8 Å². The van der Waals surface area contributed by atoms with Crippen LogP contribution >= 0.6 is 11.6 Å². The summed E-state index contributed by atoms with van der Waals surface area (Å²) >= 11 is 6.06. The first kappa shape index (κ1) is 17.8. The topological polar surface area (TPSA) is 66.5 Å². The highest BCUT2D eigenvalue weighted by Crippen LogP contribution is 2.26. The van der Waals surface area contributed by atoms with Gasteiger partial charge in [-0.1, -0.05) is 23.7 Å². The molecular formula is C18H19ClN2O3S. The lowest BCUT2D eigenvalue weighted by atomic mass is 10.00. The number of aryl methyl sites for hydroxylation is 1. The van der Waals surface area contributed by atoms with Gasteiger partial charge in [0.25, 0.3) is 10.0 Å². The van der Waals surface area contributed by atoms with E-state index in [1.54, 1.807) is 35.2 Å². The zero-order valence-electron chi connectivity index (χ0n) is 14.0. The maximum atomic E-state index is 12.7. The minimum Gasteiger partial charge on any atom is -0.338 e. The van der Waals surface area contributed by atoms with Crippen LogP contribution in [-0.2, 0) is 27.8 Å². The average Bonchev–Trinajstić information content (AvgIpc) is 2.57. The number of hydrogen-bond donors (Lipinski definition) is 1. The smallest absolute Gasteiger partial charge is 0.261 e. The molecule has 0 saturated carbocycles. The Labute approximate surface area is 152 Å². The Hall–Kier alpha value is -2.05. The predicted molar refractivity (Wildman–Crippen MR) is 98.2 cm³/mol.